The summed E-state index contributed by atoms with van der Waals surface area (Å²) in [5.41, 5.74) is 13.7. The zero-order valence-corrected chi connectivity index (χ0v) is 27.2. The normalized spacial score (nSPS) is 11.9. The molecule has 2 heterocycles. The van der Waals surface area contributed by atoms with Crippen LogP contribution in [-0.4, -0.2) is 9.13 Å². The number of hydrogen-bond donors (Lipinski definition) is 0. The van der Waals surface area contributed by atoms with E-state index in [0.717, 1.165) is 19.3 Å². The lowest BCUT2D eigenvalue weighted by Crippen LogP contribution is -1.97. The zero-order valence-electron chi connectivity index (χ0n) is 27.2. The molecule has 0 saturated carbocycles. The van der Waals surface area contributed by atoms with Gasteiger partial charge in [0.1, 0.15) is 0 Å². The summed E-state index contributed by atoms with van der Waals surface area (Å²) < 4.78 is 4.86. The molecular formula is C41H48N2. The molecule has 0 amide bonds. The molecule has 4 aromatic carbocycles. The minimum absolute atomic E-state index is 1.15. The van der Waals surface area contributed by atoms with E-state index < -0.39 is 0 Å². The average molecular weight is 569 g/mol. The number of nitrogens with zero attached hydrogens (tertiary/aromatic N) is 2. The molecule has 0 aliphatic carbocycles. The van der Waals surface area contributed by atoms with Gasteiger partial charge in [0.15, 0.2) is 0 Å². The molecule has 222 valence electrons. The van der Waals surface area contributed by atoms with E-state index in [4.69, 9.17) is 0 Å². The number of benzene rings is 4. The third-order valence-electron chi connectivity index (χ3n) is 9.42. The van der Waals surface area contributed by atoms with Crippen molar-refractivity contribution in [3.63, 3.8) is 0 Å². The van der Waals surface area contributed by atoms with E-state index >= 15 is 0 Å². The summed E-state index contributed by atoms with van der Waals surface area (Å²) in [7, 11) is 4.50. The molecule has 0 unspecified atom stereocenters. The average Bonchev–Trinajstić information content (AvgIpc) is 3.54. The van der Waals surface area contributed by atoms with Crippen molar-refractivity contribution in [1.82, 2.24) is 9.13 Å². The second-order valence-corrected chi connectivity index (χ2v) is 12.8. The van der Waals surface area contributed by atoms with Crippen LogP contribution >= 0.6 is 0 Å². The first kappa shape index (κ1) is 29.3. The Hall–Kier alpha value is -3.78. The van der Waals surface area contributed by atoms with Crippen LogP contribution in [0, 0.1) is 6.92 Å². The third-order valence-corrected chi connectivity index (χ3v) is 9.42. The smallest absolute Gasteiger partial charge is 0.0563 e. The number of aromatic nitrogens is 2. The highest BCUT2D eigenvalue weighted by atomic mass is 15.0. The number of hydrogen-bond acceptors (Lipinski definition) is 0. The predicted octanol–water partition coefficient (Wildman–Crippen LogP) is 11.5. The van der Waals surface area contributed by atoms with Crippen molar-refractivity contribution in [2.24, 2.45) is 14.1 Å². The first-order chi connectivity index (χ1) is 20.9. The summed E-state index contributed by atoms with van der Waals surface area (Å²) in [6, 6.07) is 28.6. The van der Waals surface area contributed by atoms with Gasteiger partial charge in [-0.1, -0.05) is 82.0 Å². The maximum atomic E-state index is 2.46. The van der Waals surface area contributed by atoms with Gasteiger partial charge in [-0.3, -0.25) is 0 Å². The van der Waals surface area contributed by atoms with Crippen molar-refractivity contribution in [3.8, 4) is 22.5 Å². The molecule has 0 spiro atoms. The minimum Gasteiger partial charge on any atom is -0.343 e. The Labute approximate surface area is 258 Å². The molecule has 2 aromatic heterocycles. The summed E-state index contributed by atoms with van der Waals surface area (Å²) in [5, 5.41) is 5.27. The molecule has 0 radical (unpaired) electrons. The quantitative estimate of drug-likeness (QED) is 0.147. The highest BCUT2D eigenvalue weighted by molar-refractivity contribution is 6.17. The van der Waals surface area contributed by atoms with Gasteiger partial charge in [-0.2, -0.15) is 0 Å². The van der Waals surface area contributed by atoms with Crippen LogP contribution in [0.25, 0.3) is 55.1 Å². The molecule has 6 aromatic rings. The summed E-state index contributed by atoms with van der Waals surface area (Å²) in [5.74, 6) is 0. The van der Waals surface area contributed by atoms with Crippen LogP contribution in [-0.2, 0) is 33.4 Å². The van der Waals surface area contributed by atoms with Gasteiger partial charge in [0, 0.05) is 47.0 Å². The molecular weight excluding hydrogens is 520 g/mol. The standard InChI is InChI=1S/C41H48N2/c1-7-10-13-29-20-28(4)21-34(23-29)38-26-32-16-18-37-36(40(32)42(38)5)19-17-33-27-39(43(6)41(33)37)35-24-30(14-11-8-2)22-31(25-35)15-12-9-3/h16-27H,7-15H2,1-6H3. The number of rotatable bonds is 11. The lowest BCUT2D eigenvalue weighted by Gasteiger charge is -2.12. The Bertz CT molecular complexity index is 1890. The monoisotopic (exact) mass is 568 g/mol. The Morgan fingerprint density at radius 1 is 0.488 bits per heavy atom. The molecule has 0 fully saturated rings. The van der Waals surface area contributed by atoms with E-state index in [0.29, 0.717) is 0 Å². The van der Waals surface area contributed by atoms with Crippen LogP contribution in [0.2, 0.25) is 0 Å². The molecule has 0 saturated heterocycles. The molecule has 43 heavy (non-hydrogen) atoms. The Morgan fingerprint density at radius 2 is 0.907 bits per heavy atom. The third kappa shape index (κ3) is 5.65. The van der Waals surface area contributed by atoms with Crippen molar-refractivity contribution >= 4 is 32.6 Å². The largest absolute Gasteiger partial charge is 0.343 e. The molecule has 2 heteroatoms. The Kier molecular flexibility index (Phi) is 8.48. The summed E-state index contributed by atoms with van der Waals surface area (Å²) >= 11 is 0. The fraction of sp³-hybridized carbons (Fsp3) is 0.366. The van der Waals surface area contributed by atoms with Crippen LogP contribution in [0.5, 0.6) is 0 Å². The van der Waals surface area contributed by atoms with Gasteiger partial charge in [0.05, 0.1) is 11.0 Å². The molecule has 0 aliphatic heterocycles. The lowest BCUT2D eigenvalue weighted by molar-refractivity contribution is 0.780. The molecule has 0 bridgehead atoms. The van der Waals surface area contributed by atoms with Gasteiger partial charge in [0.2, 0.25) is 0 Å². The van der Waals surface area contributed by atoms with Crippen molar-refractivity contribution in [2.45, 2.75) is 85.5 Å². The first-order valence-corrected chi connectivity index (χ1v) is 16.7. The summed E-state index contributed by atoms with van der Waals surface area (Å²) in [4.78, 5) is 0. The van der Waals surface area contributed by atoms with E-state index in [1.165, 1.54) is 116 Å². The zero-order chi connectivity index (χ0) is 30.1. The number of unbranched alkanes of at least 4 members (excludes halogenated alkanes) is 3. The van der Waals surface area contributed by atoms with Crippen molar-refractivity contribution < 1.29 is 0 Å². The summed E-state index contributed by atoms with van der Waals surface area (Å²) in [6.07, 6.45) is 10.9. The predicted molar refractivity (Wildman–Crippen MR) is 188 cm³/mol. The molecule has 0 N–H and O–H groups in total. The van der Waals surface area contributed by atoms with Crippen molar-refractivity contribution in [1.29, 1.82) is 0 Å². The molecule has 0 atom stereocenters. The van der Waals surface area contributed by atoms with Crippen LogP contribution in [0.1, 0.15) is 81.5 Å². The highest BCUT2D eigenvalue weighted by Crippen LogP contribution is 2.38. The Balaban J connectivity index is 1.49. The van der Waals surface area contributed by atoms with Gasteiger partial charge in [-0.25, -0.2) is 0 Å². The van der Waals surface area contributed by atoms with Gasteiger partial charge >= 0.3 is 0 Å². The maximum Gasteiger partial charge on any atom is 0.0563 e. The summed E-state index contributed by atoms with van der Waals surface area (Å²) in [6.45, 7) is 9.07. The van der Waals surface area contributed by atoms with E-state index in [-0.39, 0.29) is 0 Å². The van der Waals surface area contributed by atoms with Crippen LogP contribution in [0.15, 0.2) is 72.8 Å². The van der Waals surface area contributed by atoms with E-state index in [1.807, 2.05) is 0 Å². The Morgan fingerprint density at radius 3 is 1.35 bits per heavy atom. The minimum atomic E-state index is 1.15. The van der Waals surface area contributed by atoms with Gasteiger partial charge in [-0.05, 0) is 110 Å². The second-order valence-electron chi connectivity index (χ2n) is 12.8. The van der Waals surface area contributed by atoms with Gasteiger partial charge < -0.3 is 9.13 Å². The van der Waals surface area contributed by atoms with E-state index in [1.54, 1.807) is 0 Å². The van der Waals surface area contributed by atoms with E-state index in [9.17, 15) is 0 Å². The van der Waals surface area contributed by atoms with Crippen LogP contribution in [0.4, 0.5) is 0 Å². The second kappa shape index (κ2) is 12.4. The highest BCUT2D eigenvalue weighted by Gasteiger charge is 2.17. The van der Waals surface area contributed by atoms with Crippen LogP contribution in [0.3, 0.4) is 0 Å². The molecule has 0 aliphatic rings. The molecule has 6 rings (SSSR count). The van der Waals surface area contributed by atoms with Crippen LogP contribution < -0.4 is 0 Å². The van der Waals surface area contributed by atoms with Gasteiger partial charge in [-0.15, -0.1) is 0 Å². The van der Waals surface area contributed by atoms with E-state index in [2.05, 4.69) is 124 Å². The SMILES string of the molecule is CCCCc1cc(C)cc(-c2cc3ccc4c(ccc5cc(-c6cc(CCCC)cc(CCCC)c6)n(C)c54)c3n2C)c1. The maximum absolute atomic E-state index is 2.46. The lowest BCUT2D eigenvalue weighted by atomic mass is 9.97. The fourth-order valence-electron chi connectivity index (χ4n) is 7.17. The number of aryl methyl sites for hydroxylation is 6. The van der Waals surface area contributed by atoms with Crippen molar-refractivity contribution in [2.75, 3.05) is 0 Å². The molecule has 2 nitrogen and oxygen atoms in total. The van der Waals surface area contributed by atoms with Crippen molar-refractivity contribution in [3.05, 3.63) is 95.1 Å². The topological polar surface area (TPSA) is 9.86 Å². The first-order valence-electron chi connectivity index (χ1n) is 16.7. The fourth-order valence-corrected chi connectivity index (χ4v) is 7.17. The number of fused-ring (bicyclic) bond motifs is 5. The van der Waals surface area contributed by atoms with Gasteiger partial charge in [0.25, 0.3) is 0 Å².